The lowest BCUT2D eigenvalue weighted by atomic mass is 10.1. The van der Waals surface area contributed by atoms with Crippen LogP contribution in [0.4, 0.5) is 4.79 Å². The quantitative estimate of drug-likeness (QED) is 0.335. The number of hydrogen-bond acceptors (Lipinski definition) is 4. The topological polar surface area (TPSA) is 64.6 Å². The Morgan fingerprint density at radius 1 is 0.760 bits per heavy atom. The average Bonchev–Trinajstić information content (AvgIpc) is 2.53. The van der Waals surface area contributed by atoms with E-state index in [-0.39, 0.29) is 12.1 Å². The Morgan fingerprint density at radius 3 is 1.64 bits per heavy atom. The highest BCUT2D eigenvalue weighted by Crippen LogP contribution is 2.12. The summed E-state index contributed by atoms with van der Waals surface area (Å²) in [4.78, 5) is 22.4. The molecule has 0 radical (unpaired) electrons. The second kappa shape index (κ2) is 15.0. The summed E-state index contributed by atoms with van der Waals surface area (Å²) in [5.74, 6) is -0.0960. The van der Waals surface area contributed by atoms with E-state index in [1.165, 1.54) is 52.1 Å². The number of hydrogen-bond donors (Lipinski definition) is 1. The van der Waals surface area contributed by atoms with Crippen molar-refractivity contribution in [3.8, 4) is 0 Å². The number of amides is 1. The smallest absolute Gasteiger partial charge is 0.407 e. The summed E-state index contributed by atoms with van der Waals surface area (Å²) in [5.41, 5.74) is -0.425. The summed E-state index contributed by atoms with van der Waals surface area (Å²) in [6.07, 6.45) is 13.3. The van der Waals surface area contributed by atoms with Gasteiger partial charge in [0, 0.05) is 13.0 Å². The average molecular weight is 358 g/mol. The Hall–Kier alpha value is -1.26. The molecular formula is C20H39NO4. The number of rotatable bonds is 14. The molecule has 1 amide bonds. The zero-order valence-corrected chi connectivity index (χ0v) is 16.8. The molecule has 0 heterocycles. The zero-order chi connectivity index (χ0) is 19.0. The van der Waals surface area contributed by atoms with Gasteiger partial charge in [-0.1, -0.05) is 57.8 Å². The van der Waals surface area contributed by atoms with Gasteiger partial charge < -0.3 is 14.8 Å². The van der Waals surface area contributed by atoms with Gasteiger partial charge in [-0.05, 0) is 33.6 Å². The van der Waals surface area contributed by atoms with E-state index in [4.69, 9.17) is 4.74 Å². The first-order chi connectivity index (χ1) is 11.8. The predicted octanol–water partition coefficient (Wildman–Crippen LogP) is 5.37. The Kier molecular flexibility index (Phi) is 14.3. The van der Waals surface area contributed by atoms with Crippen LogP contribution in [0.3, 0.4) is 0 Å². The molecule has 0 fully saturated rings. The molecule has 5 heteroatoms. The predicted molar refractivity (Wildman–Crippen MR) is 102 cm³/mol. The van der Waals surface area contributed by atoms with Crippen LogP contribution in [0.25, 0.3) is 0 Å². The highest BCUT2D eigenvalue weighted by atomic mass is 16.6. The molecule has 0 saturated heterocycles. The van der Waals surface area contributed by atoms with Crippen LogP contribution in [0, 0.1) is 0 Å². The fraction of sp³-hybridized carbons (Fsp3) is 0.900. The number of methoxy groups -OCH3 is 1. The van der Waals surface area contributed by atoms with Crippen molar-refractivity contribution >= 4 is 12.1 Å². The number of alkyl carbamates (subject to hydrolysis) is 1. The van der Waals surface area contributed by atoms with Crippen LogP contribution in [-0.2, 0) is 14.3 Å². The molecule has 1 N–H and O–H groups in total. The van der Waals surface area contributed by atoms with Crippen molar-refractivity contribution in [1.82, 2.24) is 5.32 Å². The first kappa shape index (κ1) is 23.7. The minimum Gasteiger partial charge on any atom is -0.469 e. The summed E-state index contributed by atoms with van der Waals surface area (Å²) in [6, 6.07) is 0. The lowest BCUT2D eigenvalue weighted by molar-refractivity contribution is -0.140. The molecule has 25 heavy (non-hydrogen) atoms. The standard InChI is InChI=1S/C20H39NO4/c1-20(2,3)25-19(23)21-17-15-13-11-9-7-5-6-8-10-12-14-16-18(22)24-4/h5-17H2,1-4H3,(H,21,23). The van der Waals surface area contributed by atoms with Gasteiger partial charge in [0.05, 0.1) is 7.11 Å². The zero-order valence-electron chi connectivity index (χ0n) is 16.8. The van der Waals surface area contributed by atoms with Gasteiger partial charge in [-0.3, -0.25) is 4.79 Å². The van der Waals surface area contributed by atoms with Gasteiger partial charge in [-0.15, -0.1) is 0 Å². The molecule has 0 atom stereocenters. The second-order valence-corrected chi connectivity index (χ2v) is 7.64. The second-order valence-electron chi connectivity index (χ2n) is 7.64. The molecule has 0 aromatic carbocycles. The van der Waals surface area contributed by atoms with E-state index < -0.39 is 5.60 Å². The van der Waals surface area contributed by atoms with Gasteiger partial charge in [0.25, 0.3) is 0 Å². The Balaban J connectivity index is 3.19. The molecule has 0 bridgehead atoms. The van der Waals surface area contributed by atoms with Gasteiger partial charge in [0.1, 0.15) is 5.60 Å². The summed E-state index contributed by atoms with van der Waals surface area (Å²) >= 11 is 0. The third kappa shape index (κ3) is 18.9. The molecule has 0 unspecified atom stereocenters. The van der Waals surface area contributed by atoms with E-state index in [1.807, 2.05) is 20.8 Å². The third-order valence-corrected chi connectivity index (χ3v) is 3.95. The summed E-state index contributed by atoms with van der Waals surface area (Å²) in [5, 5.41) is 2.80. The fourth-order valence-electron chi connectivity index (χ4n) is 2.59. The maximum atomic E-state index is 11.5. The minimum atomic E-state index is -0.425. The molecular weight excluding hydrogens is 318 g/mol. The molecule has 5 nitrogen and oxygen atoms in total. The van der Waals surface area contributed by atoms with Crippen LogP contribution in [0.2, 0.25) is 0 Å². The number of unbranched alkanes of at least 4 members (excludes halogenated alkanes) is 10. The molecule has 0 aromatic rings. The van der Waals surface area contributed by atoms with Crippen LogP contribution in [0.1, 0.15) is 97.8 Å². The Labute approximate surface area is 154 Å². The van der Waals surface area contributed by atoms with Crippen molar-refractivity contribution in [1.29, 1.82) is 0 Å². The van der Waals surface area contributed by atoms with Crippen molar-refractivity contribution < 1.29 is 19.1 Å². The molecule has 0 saturated carbocycles. The van der Waals surface area contributed by atoms with Crippen LogP contribution >= 0.6 is 0 Å². The highest BCUT2D eigenvalue weighted by Gasteiger charge is 2.15. The first-order valence-electron chi connectivity index (χ1n) is 9.89. The summed E-state index contributed by atoms with van der Waals surface area (Å²) in [6.45, 7) is 6.30. The normalized spacial score (nSPS) is 11.2. The molecule has 0 aliphatic heterocycles. The number of ether oxygens (including phenoxy) is 2. The largest absolute Gasteiger partial charge is 0.469 e. The highest BCUT2D eigenvalue weighted by molar-refractivity contribution is 5.69. The van der Waals surface area contributed by atoms with Crippen molar-refractivity contribution in [3.63, 3.8) is 0 Å². The van der Waals surface area contributed by atoms with E-state index in [1.54, 1.807) is 0 Å². The van der Waals surface area contributed by atoms with Gasteiger partial charge >= 0.3 is 12.1 Å². The van der Waals surface area contributed by atoms with Crippen LogP contribution in [0.5, 0.6) is 0 Å². The van der Waals surface area contributed by atoms with E-state index in [9.17, 15) is 9.59 Å². The first-order valence-corrected chi connectivity index (χ1v) is 9.89. The van der Waals surface area contributed by atoms with Crippen LogP contribution in [0.15, 0.2) is 0 Å². The number of carbonyl (C=O) groups is 2. The van der Waals surface area contributed by atoms with Crippen LogP contribution < -0.4 is 5.32 Å². The van der Waals surface area contributed by atoms with Crippen molar-refractivity contribution in [2.24, 2.45) is 0 Å². The van der Waals surface area contributed by atoms with E-state index in [2.05, 4.69) is 10.1 Å². The van der Waals surface area contributed by atoms with Gasteiger partial charge in [0.2, 0.25) is 0 Å². The fourth-order valence-corrected chi connectivity index (χ4v) is 2.59. The van der Waals surface area contributed by atoms with E-state index in [0.717, 1.165) is 25.7 Å². The minimum absolute atomic E-state index is 0.0960. The lowest BCUT2D eigenvalue weighted by Gasteiger charge is -2.19. The molecule has 148 valence electrons. The molecule has 0 aliphatic rings. The van der Waals surface area contributed by atoms with Crippen molar-refractivity contribution in [2.75, 3.05) is 13.7 Å². The Morgan fingerprint density at radius 2 is 1.20 bits per heavy atom. The maximum Gasteiger partial charge on any atom is 0.407 e. The number of nitrogens with one attached hydrogen (secondary N) is 1. The number of esters is 1. The molecule has 0 spiro atoms. The van der Waals surface area contributed by atoms with Crippen LogP contribution in [-0.4, -0.2) is 31.3 Å². The lowest BCUT2D eigenvalue weighted by Crippen LogP contribution is -2.32. The Bertz CT molecular complexity index is 350. The maximum absolute atomic E-state index is 11.5. The van der Waals surface area contributed by atoms with Gasteiger partial charge in [-0.2, -0.15) is 0 Å². The summed E-state index contributed by atoms with van der Waals surface area (Å²) in [7, 11) is 1.44. The molecule has 0 aromatic heterocycles. The van der Waals surface area contributed by atoms with E-state index in [0.29, 0.717) is 13.0 Å². The number of carbonyl (C=O) groups excluding carboxylic acids is 2. The molecule has 0 aliphatic carbocycles. The van der Waals surface area contributed by atoms with Crippen molar-refractivity contribution in [2.45, 2.75) is 103 Å². The van der Waals surface area contributed by atoms with Gasteiger partial charge in [0.15, 0.2) is 0 Å². The van der Waals surface area contributed by atoms with Crippen molar-refractivity contribution in [3.05, 3.63) is 0 Å². The van der Waals surface area contributed by atoms with E-state index >= 15 is 0 Å². The summed E-state index contributed by atoms with van der Waals surface area (Å²) < 4.78 is 9.81. The molecule has 0 rings (SSSR count). The third-order valence-electron chi connectivity index (χ3n) is 3.95. The van der Waals surface area contributed by atoms with Gasteiger partial charge in [-0.25, -0.2) is 4.79 Å². The SMILES string of the molecule is COC(=O)CCCCCCCCCCCCCNC(=O)OC(C)(C)C. The monoisotopic (exact) mass is 357 g/mol.